The highest BCUT2D eigenvalue weighted by atomic mass is 19.1. The number of esters is 1. The van der Waals surface area contributed by atoms with Crippen LogP contribution in [0, 0.1) is 11.6 Å². The van der Waals surface area contributed by atoms with Crippen LogP contribution in [0.2, 0.25) is 0 Å². The molecule has 0 aliphatic carbocycles. The number of hydrogen-bond acceptors (Lipinski definition) is 4. The molecular formula is C14H12F2N2O2. The summed E-state index contributed by atoms with van der Waals surface area (Å²) in [5, 5.41) is 2.67. The fourth-order valence-electron chi connectivity index (χ4n) is 1.58. The Morgan fingerprint density at radius 3 is 2.85 bits per heavy atom. The minimum atomic E-state index is -0.604. The number of carbonyl (C=O) groups excluding carboxylic acids is 1. The number of carbonyl (C=O) groups is 1. The van der Waals surface area contributed by atoms with Gasteiger partial charge in [-0.2, -0.15) is 0 Å². The SMILES string of the molecule is CCOC(=O)c1cncc(Nc2cc(F)ccc2F)c1. The number of halogens is 2. The Balaban J connectivity index is 2.23. The van der Waals surface area contributed by atoms with Crippen LogP contribution in [0.25, 0.3) is 0 Å². The third kappa shape index (κ3) is 3.28. The Hall–Kier alpha value is -2.50. The number of aromatic nitrogens is 1. The normalized spacial score (nSPS) is 10.2. The second kappa shape index (κ2) is 6.10. The van der Waals surface area contributed by atoms with Gasteiger partial charge in [0.1, 0.15) is 11.6 Å². The Bertz CT molecular complexity index is 632. The highest BCUT2D eigenvalue weighted by Crippen LogP contribution is 2.21. The van der Waals surface area contributed by atoms with Crippen LogP contribution in [0.3, 0.4) is 0 Å². The summed E-state index contributed by atoms with van der Waals surface area (Å²) in [5.41, 5.74) is 0.557. The van der Waals surface area contributed by atoms with E-state index in [0.717, 1.165) is 18.2 Å². The highest BCUT2D eigenvalue weighted by molar-refractivity contribution is 5.90. The van der Waals surface area contributed by atoms with Gasteiger partial charge in [-0.15, -0.1) is 0 Å². The molecule has 0 saturated carbocycles. The zero-order valence-electron chi connectivity index (χ0n) is 10.7. The molecule has 2 rings (SSSR count). The zero-order valence-corrected chi connectivity index (χ0v) is 10.7. The van der Waals surface area contributed by atoms with Crippen molar-refractivity contribution in [3.8, 4) is 0 Å². The molecule has 0 atom stereocenters. The van der Waals surface area contributed by atoms with Gasteiger partial charge in [0.15, 0.2) is 0 Å². The number of anilines is 2. The molecule has 0 unspecified atom stereocenters. The molecule has 1 heterocycles. The molecule has 0 spiro atoms. The Labute approximate surface area is 114 Å². The molecule has 0 radical (unpaired) electrons. The maximum Gasteiger partial charge on any atom is 0.339 e. The quantitative estimate of drug-likeness (QED) is 0.872. The molecule has 1 aromatic carbocycles. The average Bonchev–Trinajstić information content (AvgIpc) is 2.43. The van der Waals surface area contributed by atoms with Crippen molar-refractivity contribution in [3.05, 3.63) is 53.9 Å². The third-order valence-electron chi connectivity index (χ3n) is 2.46. The summed E-state index contributed by atoms with van der Waals surface area (Å²) in [6, 6.07) is 4.51. The summed E-state index contributed by atoms with van der Waals surface area (Å²) in [7, 11) is 0. The summed E-state index contributed by atoms with van der Waals surface area (Å²) >= 11 is 0. The lowest BCUT2D eigenvalue weighted by Gasteiger charge is -2.08. The van der Waals surface area contributed by atoms with Gasteiger partial charge >= 0.3 is 5.97 Å². The summed E-state index contributed by atoms with van der Waals surface area (Å²) < 4.78 is 31.4. The zero-order chi connectivity index (χ0) is 14.5. The largest absolute Gasteiger partial charge is 0.462 e. The van der Waals surface area contributed by atoms with E-state index in [2.05, 4.69) is 10.3 Å². The molecule has 0 bridgehead atoms. The number of nitrogens with zero attached hydrogens (tertiary/aromatic N) is 1. The molecule has 0 aliphatic rings. The first-order chi connectivity index (χ1) is 9.60. The first kappa shape index (κ1) is 13.9. The molecular weight excluding hydrogens is 266 g/mol. The molecule has 6 heteroatoms. The van der Waals surface area contributed by atoms with E-state index in [1.165, 1.54) is 18.5 Å². The molecule has 4 nitrogen and oxygen atoms in total. The topological polar surface area (TPSA) is 51.2 Å². The highest BCUT2D eigenvalue weighted by Gasteiger charge is 2.09. The minimum absolute atomic E-state index is 0.0344. The van der Waals surface area contributed by atoms with E-state index in [-0.39, 0.29) is 17.9 Å². The first-order valence-corrected chi connectivity index (χ1v) is 5.94. The molecule has 0 saturated heterocycles. The van der Waals surface area contributed by atoms with E-state index in [4.69, 9.17) is 4.74 Å². The molecule has 0 amide bonds. The van der Waals surface area contributed by atoms with E-state index in [1.807, 2.05) is 0 Å². The van der Waals surface area contributed by atoms with Crippen LogP contribution in [0.1, 0.15) is 17.3 Å². The van der Waals surface area contributed by atoms with Crippen LogP contribution < -0.4 is 5.32 Å². The minimum Gasteiger partial charge on any atom is -0.462 e. The lowest BCUT2D eigenvalue weighted by atomic mass is 10.2. The monoisotopic (exact) mass is 278 g/mol. The van der Waals surface area contributed by atoms with E-state index in [1.54, 1.807) is 6.92 Å². The third-order valence-corrected chi connectivity index (χ3v) is 2.46. The number of nitrogens with one attached hydrogen (secondary N) is 1. The van der Waals surface area contributed by atoms with Gasteiger partial charge in [0, 0.05) is 12.3 Å². The molecule has 20 heavy (non-hydrogen) atoms. The van der Waals surface area contributed by atoms with Crippen molar-refractivity contribution < 1.29 is 18.3 Å². The van der Waals surface area contributed by atoms with Crippen molar-refractivity contribution in [2.24, 2.45) is 0 Å². The van der Waals surface area contributed by atoms with Gasteiger partial charge in [0.25, 0.3) is 0 Å². The van der Waals surface area contributed by atoms with E-state index < -0.39 is 17.6 Å². The number of hydrogen-bond donors (Lipinski definition) is 1. The van der Waals surface area contributed by atoms with E-state index in [9.17, 15) is 13.6 Å². The van der Waals surface area contributed by atoms with Crippen LogP contribution in [0.5, 0.6) is 0 Å². The van der Waals surface area contributed by atoms with Crippen LogP contribution in [0.4, 0.5) is 20.2 Å². The summed E-state index contributed by atoms with van der Waals surface area (Å²) in [4.78, 5) is 15.4. The fraction of sp³-hybridized carbons (Fsp3) is 0.143. The predicted molar refractivity (Wildman–Crippen MR) is 69.8 cm³/mol. The Morgan fingerprint density at radius 1 is 1.30 bits per heavy atom. The van der Waals surface area contributed by atoms with Gasteiger partial charge in [0.2, 0.25) is 0 Å². The smallest absolute Gasteiger partial charge is 0.339 e. The number of rotatable bonds is 4. The van der Waals surface area contributed by atoms with Crippen LogP contribution >= 0.6 is 0 Å². The van der Waals surface area contributed by atoms with Crippen LogP contribution in [-0.2, 0) is 4.74 Å². The maximum absolute atomic E-state index is 13.5. The van der Waals surface area contributed by atoms with Gasteiger partial charge in [-0.3, -0.25) is 4.98 Å². The van der Waals surface area contributed by atoms with Crippen LogP contribution in [-0.4, -0.2) is 17.6 Å². The molecule has 2 aromatic rings. The lowest BCUT2D eigenvalue weighted by molar-refractivity contribution is 0.0526. The molecule has 104 valence electrons. The molecule has 1 N–H and O–H groups in total. The van der Waals surface area contributed by atoms with Crippen LogP contribution in [0.15, 0.2) is 36.7 Å². The number of benzene rings is 1. The molecule has 1 aromatic heterocycles. The van der Waals surface area contributed by atoms with E-state index in [0.29, 0.717) is 5.69 Å². The van der Waals surface area contributed by atoms with E-state index >= 15 is 0 Å². The lowest BCUT2D eigenvalue weighted by Crippen LogP contribution is -2.06. The number of pyridine rings is 1. The summed E-state index contributed by atoms with van der Waals surface area (Å²) in [6.45, 7) is 1.94. The fourth-order valence-corrected chi connectivity index (χ4v) is 1.58. The van der Waals surface area contributed by atoms with Gasteiger partial charge in [-0.25, -0.2) is 13.6 Å². The van der Waals surface area contributed by atoms with Crippen molar-refractivity contribution in [2.75, 3.05) is 11.9 Å². The van der Waals surface area contributed by atoms with Crippen molar-refractivity contribution >= 4 is 17.3 Å². The van der Waals surface area contributed by atoms with Gasteiger partial charge < -0.3 is 10.1 Å². The van der Waals surface area contributed by atoms with Crippen molar-refractivity contribution in [1.29, 1.82) is 0 Å². The Kier molecular flexibility index (Phi) is 4.24. The average molecular weight is 278 g/mol. The first-order valence-electron chi connectivity index (χ1n) is 5.94. The number of ether oxygens (including phenoxy) is 1. The predicted octanol–water partition coefficient (Wildman–Crippen LogP) is 3.28. The maximum atomic E-state index is 13.5. The van der Waals surface area contributed by atoms with Gasteiger partial charge in [-0.1, -0.05) is 0 Å². The second-order valence-corrected chi connectivity index (χ2v) is 3.93. The molecule has 0 fully saturated rings. The summed E-state index contributed by atoms with van der Waals surface area (Å²) in [6.07, 6.45) is 2.73. The Morgan fingerprint density at radius 2 is 2.10 bits per heavy atom. The summed E-state index contributed by atoms with van der Waals surface area (Å²) in [5.74, 6) is -1.69. The van der Waals surface area contributed by atoms with Crippen molar-refractivity contribution in [2.45, 2.75) is 6.92 Å². The molecule has 0 aliphatic heterocycles. The van der Waals surface area contributed by atoms with Crippen molar-refractivity contribution in [3.63, 3.8) is 0 Å². The second-order valence-electron chi connectivity index (χ2n) is 3.93. The standard InChI is InChI=1S/C14H12F2N2O2/c1-2-20-14(19)9-5-11(8-17-7-9)18-13-6-10(15)3-4-12(13)16/h3-8,18H,2H2,1H3. The van der Waals surface area contributed by atoms with Crippen molar-refractivity contribution in [1.82, 2.24) is 4.98 Å². The van der Waals surface area contributed by atoms with Gasteiger partial charge in [-0.05, 0) is 25.1 Å². The van der Waals surface area contributed by atoms with Gasteiger partial charge in [0.05, 0.1) is 29.7 Å².